The van der Waals surface area contributed by atoms with Gasteiger partial charge in [-0.2, -0.15) is 0 Å². The molecule has 3 heterocycles. The maximum atomic E-state index is 12.2. The number of carbonyl (C=O) groups is 1. The third-order valence-electron chi connectivity index (χ3n) is 3.00. The van der Waals surface area contributed by atoms with Crippen LogP contribution in [0.3, 0.4) is 0 Å². The van der Waals surface area contributed by atoms with Gasteiger partial charge in [-0.25, -0.2) is 4.98 Å². The normalized spacial score (nSPS) is 12.3. The summed E-state index contributed by atoms with van der Waals surface area (Å²) in [5, 5.41) is 5.27. The summed E-state index contributed by atoms with van der Waals surface area (Å²) >= 11 is 1.37. The summed E-state index contributed by atoms with van der Waals surface area (Å²) in [5.41, 5.74) is 0.376. The lowest BCUT2D eigenvalue weighted by Crippen LogP contribution is -2.26. The average Bonchev–Trinajstić information content (AvgIpc) is 3.19. The van der Waals surface area contributed by atoms with Crippen LogP contribution in [0.1, 0.15) is 35.0 Å². The minimum atomic E-state index is -0.231. The molecule has 0 aliphatic rings. The summed E-state index contributed by atoms with van der Waals surface area (Å²) in [6.07, 6.45) is 1.58. The number of furan rings is 2. The molecule has 21 heavy (non-hydrogen) atoms. The second-order valence-corrected chi connectivity index (χ2v) is 5.52. The fourth-order valence-corrected chi connectivity index (χ4v) is 2.69. The summed E-state index contributed by atoms with van der Waals surface area (Å²) in [7, 11) is 0. The van der Waals surface area contributed by atoms with Gasteiger partial charge in [-0.1, -0.05) is 0 Å². The van der Waals surface area contributed by atoms with Gasteiger partial charge in [0.2, 0.25) is 0 Å². The number of hydrogen-bond donors (Lipinski definition) is 1. The lowest BCUT2D eigenvalue weighted by molar-refractivity contribution is 0.0931. The predicted molar refractivity (Wildman–Crippen MR) is 79.1 cm³/mol. The highest BCUT2D eigenvalue weighted by Gasteiger charge is 2.17. The topological polar surface area (TPSA) is 68.3 Å². The van der Waals surface area contributed by atoms with Gasteiger partial charge in [0.15, 0.2) is 10.8 Å². The van der Waals surface area contributed by atoms with Crippen molar-refractivity contribution in [1.82, 2.24) is 10.3 Å². The van der Waals surface area contributed by atoms with E-state index in [2.05, 4.69) is 10.3 Å². The first-order valence-corrected chi connectivity index (χ1v) is 7.38. The van der Waals surface area contributed by atoms with Crippen molar-refractivity contribution >= 4 is 17.2 Å². The van der Waals surface area contributed by atoms with Crippen LogP contribution in [0.25, 0.3) is 10.8 Å². The van der Waals surface area contributed by atoms with Gasteiger partial charge in [0.25, 0.3) is 5.91 Å². The molecule has 0 aliphatic heterocycles. The van der Waals surface area contributed by atoms with Crippen molar-refractivity contribution in [2.24, 2.45) is 0 Å². The Kier molecular flexibility index (Phi) is 3.62. The second-order valence-electron chi connectivity index (χ2n) is 4.66. The number of rotatable bonds is 4. The van der Waals surface area contributed by atoms with E-state index in [0.29, 0.717) is 16.5 Å². The summed E-state index contributed by atoms with van der Waals surface area (Å²) in [6, 6.07) is 7.12. The average molecular weight is 302 g/mol. The zero-order chi connectivity index (χ0) is 14.8. The third-order valence-corrected chi connectivity index (χ3v) is 3.86. The fraction of sp³-hybridized carbons (Fsp3) is 0.200. The molecule has 0 saturated carbocycles. The van der Waals surface area contributed by atoms with Gasteiger partial charge in [-0.3, -0.25) is 4.79 Å². The smallest absolute Gasteiger partial charge is 0.271 e. The van der Waals surface area contributed by atoms with E-state index in [0.717, 1.165) is 11.5 Å². The Morgan fingerprint density at radius 1 is 1.38 bits per heavy atom. The molecule has 0 fully saturated rings. The molecule has 3 aromatic rings. The van der Waals surface area contributed by atoms with E-state index in [1.807, 2.05) is 32.0 Å². The van der Waals surface area contributed by atoms with E-state index in [4.69, 9.17) is 8.83 Å². The number of thiazole rings is 1. The van der Waals surface area contributed by atoms with Crippen LogP contribution in [0.15, 0.2) is 44.7 Å². The number of nitrogens with one attached hydrogen (secondary N) is 1. The van der Waals surface area contributed by atoms with Crippen molar-refractivity contribution in [2.75, 3.05) is 0 Å². The maximum absolute atomic E-state index is 12.2. The Morgan fingerprint density at radius 2 is 2.24 bits per heavy atom. The van der Waals surface area contributed by atoms with Crippen molar-refractivity contribution in [1.29, 1.82) is 0 Å². The molecule has 6 heteroatoms. The molecule has 0 aromatic carbocycles. The van der Waals surface area contributed by atoms with Gasteiger partial charge in [0, 0.05) is 5.38 Å². The van der Waals surface area contributed by atoms with Crippen molar-refractivity contribution < 1.29 is 13.6 Å². The summed E-state index contributed by atoms with van der Waals surface area (Å²) in [6.45, 7) is 3.74. The molecule has 3 rings (SSSR count). The van der Waals surface area contributed by atoms with Crippen molar-refractivity contribution in [3.63, 3.8) is 0 Å². The molecule has 1 atom stereocenters. The van der Waals surface area contributed by atoms with Crippen molar-refractivity contribution in [3.05, 3.63) is 53.1 Å². The van der Waals surface area contributed by atoms with Crippen LogP contribution in [0.4, 0.5) is 0 Å². The molecule has 0 aliphatic carbocycles. The van der Waals surface area contributed by atoms with Gasteiger partial charge in [-0.15, -0.1) is 11.3 Å². The summed E-state index contributed by atoms with van der Waals surface area (Å²) < 4.78 is 10.8. The Balaban J connectivity index is 1.71. The summed E-state index contributed by atoms with van der Waals surface area (Å²) in [4.78, 5) is 16.5. The molecular formula is C15H14N2O3S. The zero-order valence-corrected chi connectivity index (χ0v) is 12.4. The van der Waals surface area contributed by atoms with Crippen LogP contribution in [0, 0.1) is 6.92 Å². The minimum Gasteiger partial charge on any atom is -0.464 e. The Hall–Kier alpha value is -2.34. The van der Waals surface area contributed by atoms with Gasteiger partial charge < -0.3 is 14.2 Å². The molecular weight excluding hydrogens is 288 g/mol. The largest absolute Gasteiger partial charge is 0.464 e. The van der Waals surface area contributed by atoms with Crippen molar-refractivity contribution in [3.8, 4) is 10.8 Å². The van der Waals surface area contributed by atoms with Crippen LogP contribution in [0.2, 0.25) is 0 Å². The minimum absolute atomic E-state index is 0.208. The van der Waals surface area contributed by atoms with Crippen LogP contribution in [0.5, 0.6) is 0 Å². The number of nitrogens with zero attached hydrogens (tertiary/aromatic N) is 1. The SMILES string of the molecule is Cc1ccc([C@@H](C)NC(=O)c2csc(-c3ccco3)n2)o1. The van der Waals surface area contributed by atoms with E-state index < -0.39 is 0 Å². The monoisotopic (exact) mass is 302 g/mol. The van der Waals surface area contributed by atoms with E-state index in [1.54, 1.807) is 17.7 Å². The molecule has 1 amide bonds. The molecule has 5 nitrogen and oxygen atoms in total. The quantitative estimate of drug-likeness (QED) is 0.796. The molecule has 0 saturated heterocycles. The molecule has 0 spiro atoms. The van der Waals surface area contributed by atoms with Gasteiger partial charge in [0.1, 0.15) is 17.2 Å². The van der Waals surface area contributed by atoms with Gasteiger partial charge in [-0.05, 0) is 38.1 Å². The van der Waals surface area contributed by atoms with E-state index in [9.17, 15) is 4.79 Å². The van der Waals surface area contributed by atoms with Gasteiger partial charge >= 0.3 is 0 Å². The van der Waals surface area contributed by atoms with Crippen LogP contribution in [-0.4, -0.2) is 10.9 Å². The fourth-order valence-electron chi connectivity index (χ4n) is 1.92. The standard InChI is InChI=1S/C15H14N2O3S/c1-9-5-6-12(20-9)10(2)16-14(18)11-8-21-15(17-11)13-4-3-7-19-13/h3-8,10H,1-2H3,(H,16,18)/t10-/m1/s1. The zero-order valence-electron chi connectivity index (χ0n) is 11.6. The highest BCUT2D eigenvalue weighted by Crippen LogP contribution is 2.24. The Morgan fingerprint density at radius 3 is 2.90 bits per heavy atom. The van der Waals surface area contributed by atoms with E-state index in [-0.39, 0.29) is 11.9 Å². The maximum Gasteiger partial charge on any atom is 0.271 e. The highest BCUT2D eigenvalue weighted by molar-refractivity contribution is 7.13. The Bertz CT molecular complexity index is 743. The Labute approximate surface area is 125 Å². The number of hydrogen-bond acceptors (Lipinski definition) is 5. The first kappa shape index (κ1) is 13.6. The van der Waals surface area contributed by atoms with Crippen molar-refractivity contribution in [2.45, 2.75) is 19.9 Å². The number of carbonyl (C=O) groups excluding carboxylic acids is 1. The van der Waals surface area contributed by atoms with E-state index >= 15 is 0 Å². The predicted octanol–water partition coefficient (Wildman–Crippen LogP) is 3.80. The lowest BCUT2D eigenvalue weighted by Gasteiger charge is -2.09. The molecule has 0 bridgehead atoms. The molecule has 108 valence electrons. The number of aromatic nitrogens is 1. The second kappa shape index (κ2) is 5.57. The van der Waals surface area contributed by atoms with Gasteiger partial charge in [0.05, 0.1) is 12.3 Å². The number of amides is 1. The van der Waals surface area contributed by atoms with Crippen LogP contribution < -0.4 is 5.32 Å². The van der Waals surface area contributed by atoms with Crippen LogP contribution in [-0.2, 0) is 0 Å². The molecule has 1 N–H and O–H groups in total. The first-order chi connectivity index (χ1) is 10.1. The van der Waals surface area contributed by atoms with Crippen LogP contribution >= 0.6 is 11.3 Å². The highest BCUT2D eigenvalue weighted by atomic mass is 32.1. The van der Waals surface area contributed by atoms with E-state index in [1.165, 1.54) is 11.3 Å². The third kappa shape index (κ3) is 2.90. The molecule has 0 radical (unpaired) electrons. The summed E-state index contributed by atoms with van der Waals surface area (Å²) in [5.74, 6) is 1.97. The molecule has 3 aromatic heterocycles. The lowest BCUT2D eigenvalue weighted by atomic mass is 10.2. The number of aryl methyl sites for hydroxylation is 1. The first-order valence-electron chi connectivity index (χ1n) is 6.50. The molecule has 0 unspecified atom stereocenters.